The van der Waals surface area contributed by atoms with Crippen LogP contribution in [-0.4, -0.2) is 5.78 Å². The Labute approximate surface area is 116 Å². The van der Waals surface area contributed by atoms with E-state index in [2.05, 4.69) is 15.9 Å². The molecule has 0 radical (unpaired) electrons. The molecular weight excluding hydrogens is 321 g/mol. The van der Waals surface area contributed by atoms with Crippen LogP contribution < -0.4 is 0 Å². The van der Waals surface area contributed by atoms with E-state index in [0.29, 0.717) is 4.47 Å². The molecule has 1 nitrogen and oxygen atoms in total. The quantitative estimate of drug-likeness (QED) is 0.746. The summed E-state index contributed by atoms with van der Waals surface area (Å²) >= 11 is 3.05. The van der Waals surface area contributed by atoms with Gasteiger partial charge in [-0.15, -0.1) is 0 Å². The summed E-state index contributed by atoms with van der Waals surface area (Å²) < 4.78 is 41.1. The van der Waals surface area contributed by atoms with Crippen molar-refractivity contribution in [1.82, 2.24) is 0 Å². The van der Waals surface area contributed by atoms with Crippen molar-refractivity contribution in [3.05, 3.63) is 68.9 Å². The fourth-order valence-corrected chi connectivity index (χ4v) is 1.97. The maximum atomic E-state index is 13.7. The van der Waals surface area contributed by atoms with Crippen molar-refractivity contribution in [3.8, 4) is 0 Å². The fourth-order valence-electron chi connectivity index (χ4n) is 1.64. The van der Waals surface area contributed by atoms with E-state index < -0.39 is 28.8 Å². The third-order valence-electron chi connectivity index (χ3n) is 2.67. The van der Waals surface area contributed by atoms with E-state index in [4.69, 9.17) is 0 Å². The van der Waals surface area contributed by atoms with Gasteiger partial charge in [0.05, 0.1) is 11.1 Å². The van der Waals surface area contributed by atoms with Gasteiger partial charge >= 0.3 is 0 Å². The fraction of sp³-hybridized carbons (Fsp3) is 0.0714. The molecule has 0 N–H and O–H groups in total. The van der Waals surface area contributed by atoms with Gasteiger partial charge in [-0.25, -0.2) is 13.2 Å². The number of hydrogen-bond acceptors (Lipinski definition) is 1. The highest BCUT2D eigenvalue weighted by Crippen LogP contribution is 2.21. The van der Waals surface area contributed by atoms with Gasteiger partial charge in [0.2, 0.25) is 0 Å². The summed E-state index contributed by atoms with van der Waals surface area (Å²) in [5, 5.41) is 0. The smallest absolute Gasteiger partial charge is 0.199 e. The zero-order chi connectivity index (χ0) is 14.2. The zero-order valence-electron chi connectivity index (χ0n) is 9.81. The summed E-state index contributed by atoms with van der Waals surface area (Å²) in [6, 6.07) is 5.47. The first kappa shape index (κ1) is 13.8. The lowest BCUT2D eigenvalue weighted by molar-refractivity contribution is 0.103. The molecule has 0 saturated carbocycles. The van der Waals surface area contributed by atoms with Crippen LogP contribution in [0, 0.1) is 24.4 Å². The number of halogens is 4. The first-order valence-corrected chi connectivity index (χ1v) is 6.15. The van der Waals surface area contributed by atoms with E-state index in [0.717, 1.165) is 18.2 Å². The van der Waals surface area contributed by atoms with Crippen molar-refractivity contribution in [2.75, 3.05) is 0 Å². The molecule has 0 aromatic heterocycles. The zero-order valence-corrected chi connectivity index (χ0v) is 11.4. The van der Waals surface area contributed by atoms with E-state index in [9.17, 15) is 18.0 Å². The van der Waals surface area contributed by atoms with Gasteiger partial charge in [0.15, 0.2) is 5.78 Å². The predicted molar refractivity (Wildman–Crippen MR) is 68.6 cm³/mol. The number of ketones is 1. The molecule has 5 heteroatoms. The van der Waals surface area contributed by atoms with Gasteiger partial charge in [-0.05, 0) is 42.8 Å². The molecule has 2 rings (SSSR count). The molecule has 0 aliphatic rings. The lowest BCUT2D eigenvalue weighted by Crippen LogP contribution is -2.08. The molecule has 0 amide bonds. The second-order valence-corrected chi connectivity index (χ2v) is 4.95. The second kappa shape index (κ2) is 5.17. The first-order valence-electron chi connectivity index (χ1n) is 5.35. The molecule has 2 aromatic carbocycles. The Morgan fingerprint density at radius 1 is 0.947 bits per heavy atom. The van der Waals surface area contributed by atoms with Crippen LogP contribution in [0.4, 0.5) is 13.2 Å². The van der Waals surface area contributed by atoms with Crippen molar-refractivity contribution in [1.29, 1.82) is 0 Å². The van der Waals surface area contributed by atoms with Crippen molar-refractivity contribution in [2.24, 2.45) is 0 Å². The van der Waals surface area contributed by atoms with Gasteiger partial charge in [-0.2, -0.15) is 0 Å². The van der Waals surface area contributed by atoms with E-state index in [1.165, 1.54) is 19.1 Å². The number of carbonyl (C=O) groups is 1. The minimum Gasteiger partial charge on any atom is -0.288 e. The summed E-state index contributed by atoms with van der Waals surface area (Å²) in [7, 11) is 0. The number of carbonyl (C=O) groups excluding carboxylic acids is 1. The normalized spacial score (nSPS) is 10.6. The minimum absolute atomic E-state index is 0.0883. The average molecular weight is 329 g/mol. The van der Waals surface area contributed by atoms with Crippen molar-refractivity contribution < 1.29 is 18.0 Å². The number of benzene rings is 2. The topological polar surface area (TPSA) is 17.1 Å². The summed E-state index contributed by atoms with van der Waals surface area (Å²) in [5.41, 5.74) is -0.694. The number of rotatable bonds is 2. The lowest BCUT2D eigenvalue weighted by atomic mass is 10.0. The highest BCUT2D eigenvalue weighted by molar-refractivity contribution is 9.10. The monoisotopic (exact) mass is 328 g/mol. The summed E-state index contributed by atoms with van der Waals surface area (Å²) in [6.07, 6.45) is 0. The summed E-state index contributed by atoms with van der Waals surface area (Å²) in [5.74, 6) is -3.25. The maximum Gasteiger partial charge on any atom is 0.199 e. The Hall–Kier alpha value is -1.62. The third-order valence-corrected chi connectivity index (χ3v) is 3.16. The molecule has 0 fully saturated rings. The van der Waals surface area contributed by atoms with Crippen LogP contribution in [0.2, 0.25) is 0 Å². The van der Waals surface area contributed by atoms with Crippen LogP contribution in [0.15, 0.2) is 34.8 Å². The van der Waals surface area contributed by atoms with Crippen LogP contribution in [0.5, 0.6) is 0 Å². The summed E-state index contributed by atoms with van der Waals surface area (Å²) in [4.78, 5) is 12.0. The summed E-state index contributed by atoms with van der Waals surface area (Å²) in [6.45, 7) is 1.38. The molecule has 0 aliphatic carbocycles. The molecule has 0 atom stereocenters. The Morgan fingerprint density at radius 2 is 1.58 bits per heavy atom. The molecule has 0 bridgehead atoms. The molecule has 98 valence electrons. The molecule has 0 aliphatic heterocycles. The van der Waals surface area contributed by atoms with Crippen molar-refractivity contribution >= 4 is 21.7 Å². The molecule has 0 spiro atoms. The maximum absolute atomic E-state index is 13.7. The predicted octanol–water partition coefficient (Wildman–Crippen LogP) is 4.41. The van der Waals surface area contributed by atoms with Gasteiger partial charge in [-0.3, -0.25) is 4.79 Å². The molecule has 19 heavy (non-hydrogen) atoms. The molecule has 0 unspecified atom stereocenters. The van der Waals surface area contributed by atoms with E-state index in [1.54, 1.807) is 0 Å². The van der Waals surface area contributed by atoms with E-state index in [-0.39, 0.29) is 11.1 Å². The van der Waals surface area contributed by atoms with Gasteiger partial charge < -0.3 is 0 Å². The van der Waals surface area contributed by atoms with Gasteiger partial charge in [0, 0.05) is 4.47 Å². The lowest BCUT2D eigenvalue weighted by Gasteiger charge is -2.06. The van der Waals surface area contributed by atoms with Crippen LogP contribution >= 0.6 is 15.9 Å². The van der Waals surface area contributed by atoms with Gasteiger partial charge in [-0.1, -0.05) is 15.9 Å². The number of hydrogen-bond donors (Lipinski definition) is 0. The van der Waals surface area contributed by atoms with E-state index in [1.807, 2.05) is 0 Å². The Balaban J connectivity index is 2.53. The SMILES string of the molecule is Cc1cc(F)c(C(=O)c2ccc(Br)cc2F)cc1F. The van der Waals surface area contributed by atoms with Crippen LogP contribution in [0.1, 0.15) is 21.5 Å². The second-order valence-electron chi connectivity index (χ2n) is 4.03. The van der Waals surface area contributed by atoms with Crippen LogP contribution in [0.3, 0.4) is 0 Å². The first-order chi connectivity index (χ1) is 8.90. The highest BCUT2D eigenvalue weighted by atomic mass is 79.9. The largest absolute Gasteiger partial charge is 0.288 e. The van der Waals surface area contributed by atoms with Crippen LogP contribution in [-0.2, 0) is 0 Å². The highest BCUT2D eigenvalue weighted by Gasteiger charge is 2.19. The minimum atomic E-state index is -0.888. The van der Waals surface area contributed by atoms with Crippen molar-refractivity contribution in [3.63, 3.8) is 0 Å². The van der Waals surface area contributed by atoms with Gasteiger partial charge in [0.25, 0.3) is 0 Å². The van der Waals surface area contributed by atoms with Crippen molar-refractivity contribution in [2.45, 2.75) is 6.92 Å². The van der Waals surface area contributed by atoms with Crippen LogP contribution in [0.25, 0.3) is 0 Å². The third kappa shape index (κ3) is 2.71. The molecule has 0 saturated heterocycles. The Morgan fingerprint density at radius 3 is 2.21 bits per heavy atom. The molecule has 2 aromatic rings. The molecule has 0 heterocycles. The molecular formula is C14H8BrF3O. The average Bonchev–Trinajstić information content (AvgIpc) is 2.33. The van der Waals surface area contributed by atoms with Gasteiger partial charge in [0.1, 0.15) is 17.5 Å². The number of aryl methyl sites for hydroxylation is 1. The Bertz CT molecular complexity index is 668. The van der Waals surface area contributed by atoms with E-state index >= 15 is 0 Å². The standard InChI is InChI=1S/C14H8BrF3O/c1-7-4-12(17)10(6-11(7)16)14(19)9-3-2-8(15)5-13(9)18/h2-6H,1H3. The Kier molecular flexibility index (Phi) is 3.75.